The Hall–Kier alpha value is -1.16. The van der Waals surface area contributed by atoms with Gasteiger partial charge >= 0.3 is 0 Å². The van der Waals surface area contributed by atoms with Gasteiger partial charge in [-0.25, -0.2) is 15.0 Å². The van der Waals surface area contributed by atoms with Crippen molar-refractivity contribution in [1.82, 2.24) is 14.9 Å². The van der Waals surface area contributed by atoms with Gasteiger partial charge in [-0.3, -0.25) is 0 Å². The molecule has 0 amide bonds. The SMILES string of the molecule is Cc1cc(CN=C(N)N2CCOC(C)C2)nc(N2CCCC2)n1.I. The first kappa shape index (κ1) is 19.2. The predicted octanol–water partition coefficient (Wildman–Crippen LogP) is 1.54. The van der Waals surface area contributed by atoms with Crippen LogP contribution < -0.4 is 10.6 Å². The molecule has 1 unspecified atom stereocenters. The van der Waals surface area contributed by atoms with Crippen LogP contribution in [0.4, 0.5) is 5.95 Å². The van der Waals surface area contributed by atoms with E-state index in [-0.39, 0.29) is 30.1 Å². The van der Waals surface area contributed by atoms with Crippen LogP contribution in [0.5, 0.6) is 0 Å². The van der Waals surface area contributed by atoms with Gasteiger partial charge in [-0.2, -0.15) is 0 Å². The summed E-state index contributed by atoms with van der Waals surface area (Å²) >= 11 is 0. The molecule has 0 aliphatic carbocycles. The Morgan fingerprint density at radius 2 is 2.08 bits per heavy atom. The average Bonchev–Trinajstić information content (AvgIpc) is 3.06. The van der Waals surface area contributed by atoms with Crippen molar-refractivity contribution in [1.29, 1.82) is 0 Å². The normalized spacial score (nSPS) is 21.8. The van der Waals surface area contributed by atoms with Gasteiger partial charge in [0, 0.05) is 31.9 Å². The lowest BCUT2D eigenvalue weighted by molar-refractivity contribution is 0.00528. The summed E-state index contributed by atoms with van der Waals surface area (Å²) in [6.45, 7) is 8.90. The van der Waals surface area contributed by atoms with E-state index in [9.17, 15) is 0 Å². The van der Waals surface area contributed by atoms with Crippen LogP contribution in [0, 0.1) is 6.92 Å². The van der Waals surface area contributed by atoms with Crippen molar-refractivity contribution in [3.05, 3.63) is 17.5 Å². The lowest BCUT2D eigenvalue weighted by Crippen LogP contribution is -2.47. The van der Waals surface area contributed by atoms with Crippen molar-refractivity contribution >= 4 is 35.9 Å². The minimum Gasteiger partial charge on any atom is -0.375 e. The molecule has 2 aliphatic heterocycles. The zero-order valence-electron chi connectivity index (χ0n) is 14.4. The van der Waals surface area contributed by atoms with Crippen LogP contribution in [0.3, 0.4) is 0 Å². The van der Waals surface area contributed by atoms with Crippen LogP contribution in [-0.2, 0) is 11.3 Å². The van der Waals surface area contributed by atoms with E-state index >= 15 is 0 Å². The highest BCUT2D eigenvalue weighted by Crippen LogP contribution is 2.17. The lowest BCUT2D eigenvalue weighted by Gasteiger charge is -2.31. The minimum atomic E-state index is 0. The highest BCUT2D eigenvalue weighted by atomic mass is 127. The standard InChI is InChI=1S/C16H26N6O.HI/c1-12-9-14(20-16(19-12)21-5-3-4-6-21)10-18-15(17)22-7-8-23-13(2)11-22;/h9,13H,3-8,10-11H2,1-2H3,(H2,17,18);1H. The summed E-state index contributed by atoms with van der Waals surface area (Å²) < 4.78 is 5.53. The monoisotopic (exact) mass is 446 g/mol. The van der Waals surface area contributed by atoms with Crippen molar-refractivity contribution in [2.24, 2.45) is 10.7 Å². The molecule has 1 aromatic heterocycles. The summed E-state index contributed by atoms with van der Waals surface area (Å²) in [5.41, 5.74) is 8.02. The van der Waals surface area contributed by atoms with Crippen LogP contribution in [0.1, 0.15) is 31.2 Å². The molecule has 2 saturated heterocycles. The average molecular weight is 446 g/mol. The quantitative estimate of drug-likeness (QED) is 0.431. The Labute approximate surface area is 160 Å². The third kappa shape index (κ3) is 4.92. The largest absolute Gasteiger partial charge is 0.375 e. The second-order valence-corrected chi connectivity index (χ2v) is 6.30. The van der Waals surface area contributed by atoms with Crippen molar-refractivity contribution < 1.29 is 4.74 Å². The molecule has 0 saturated carbocycles. The number of halogens is 1. The molecule has 24 heavy (non-hydrogen) atoms. The number of aryl methyl sites for hydroxylation is 1. The number of aliphatic imine (C=N–C) groups is 1. The molecule has 2 aliphatic rings. The molecule has 0 bridgehead atoms. The first-order chi connectivity index (χ1) is 11.1. The number of morpholine rings is 1. The molecule has 7 nitrogen and oxygen atoms in total. The van der Waals surface area contributed by atoms with Gasteiger partial charge in [0.1, 0.15) is 0 Å². The highest BCUT2D eigenvalue weighted by molar-refractivity contribution is 14.0. The maximum atomic E-state index is 6.12. The maximum Gasteiger partial charge on any atom is 0.225 e. The molecular weight excluding hydrogens is 419 g/mol. The summed E-state index contributed by atoms with van der Waals surface area (Å²) in [6, 6.07) is 1.98. The van der Waals surface area contributed by atoms with E-state index in [1.165, 1.54) is 12.8 Å². The molecule has 2 N–H and O–H groups in total. The number of nitrogens with two attached hydrogens (primary N) is 1. The van der Waals surface area contributed by atoms with Gasteiger partial charge in [0.05, 0.1) is 24.9 Å². The molecule has 1 atom stereocenters. The Morgan fingerprint density at radius 1 is 1.33 bits per heavy atom. The molecule has 3 rings (SSSR count). The van der Waals surface area contributed by atoms with Gasteiger partial charge in [0.15, 0.2) is 5.96 Å². The Morgan fingerprint density at radius 3 is 2.79 bits per heavy atom. The number of anilines is 1. The molecule has 134 valence electrons. The van der Waals surface area contributed by atoms with E-state index in [1.54, 1.807) is 0 Å². The predicted molar refractivity (Wildman–Crippen MR) is 106 cm³/mol. The third-order valence-electron chi connectivity index (χ3n) is 4.25. The van der Waals surface area contributed by atoms with E-state index in [4.69, 9.17) is 10.5 Å². The number of ether oxygens (including phenoxy) is 1. The molecule has 3 heterocycles. The van der Waals surface area contributed by atoms with Crippen LogP contribution >= 0.6 is 24.0 Å². The summed E-state index contributed by atoms with van der Waals surface area (Å²) in [5, 5.41) is 0. The number of hydrogen-bond donors (Lipinski definition) is 1. The third-order valence-corrected chi connectivity index (χ3v) is 4.25. The van der Waals surface area contributed by atoms with E-state index in [0.717, 1.165) is 43.5 Å². The smallest absolute Gasteiger partial charge is 0.225 e. The number of guanidine groups is 1. The molecule has 1 aromatic rings. The van der Waals surface area contributed by atoms with Gasteiger partial charge < -0.3 is 20.3 Å². The van der Waals surface area contributed by atoms with E-state index in [2.05, 4.69) is 31.7 Å². The first-order valence-corrected chi connectivity index (χ1v) is 8.38. The van der Waals surface area contributed by atoms with E-state index < -0.39 is 0 Å². The van der Waals surface area contributed by atoms with Gasteiger partial charge in [-0.05, 0) is 32.8 Å². The van der Waals surface area contributed by atoms with Crippen LogP contribution in [0.2, 0.25) is 0 Å². The van der Waals surface area contributed by atoms with Crippen LogP contribution in [-0.4, -0.2) is 59.7 Å². The molecule has 0 spiro atoms. The summed E-state index contributed by atoms with van der Waals surface area (Å²) in [5.74, 6) is 1.39. The number of hydrogen-bond acceptors (Lipinski definition) is 5. The topological polar surface area (TPSA) is 79.9 Å². The Balaban J connectivity index is 0.00000208. The van der Waals surface area contributed by atoms with Crippen LogP contribution in [0.15, 0.2) is 11.1 Å². The van der Waals surface area contributed by atoms with E-state index in [0.29, 0.717) is 19.1 Å². The number of nitrogens with zero attached hydrogens (tertiary/aromatic N) is 5. The number of aromatic nitrogens is 2. The second kappa shape index (κ2) is 8.80. The fourth-order valence-electron chi connectivity index (χ4n) is 3.04. The lowest BCUT2D eigenvalue weighted by atomic mass is 10.3. The Bertz CT molecular complexity index is 576. The second-order valence-electron chi connectivity index (χ2n) is 6.30. The van der Waals surface area contributed by atoms with Crippen molar-refractivity contribution in [2.45, 2.75) is 39.3 Å². The zero-order valence-corrected chi connectivity index (χ0v) is 16.8. The van der Waals surface area contributed by atoms with Crippen molar-refractivity contribution in [3.63, 3.8) is 0 Å². The van der Waals surface area contributed by atoms with Gasteiger partial charge in [-0.1, -0.05) is 0 Å². The minimum absolute atomic E-state index is 0. The molecule has 2 fully saturated rings. The molecule has 0 radical (unpaired) electrons. The fourth-order valence-corrected chi connectivity index (χ4v) is 3.04. The van der Waals surface area contributed by atoms with Crippen molar-refractivity contribution in [2.75, 3.05) is 37.7 Å². The molecule has 0 aromatic carbocycles. The maximum absolute atomic E-state index is 6.12. The van der Waals surface area contributed by atoms with Gasteiger partial charge in [0.25, 0.3) is 0 Å². The van der Waals surface area contributed by atoms with Crippen molar-refractivity contribution in [3.8, 4) is 0 Å². The summed E-state index contributed by atoms with van der Waals surface area (Å²) in [4.78, 5) is 18.0. The highest BCUT2D eigenvalue weighted by Gasteiger charge is 2.18. The first-order valence-electron chi connectivity index (χ1n) is 8.38. The fraction of sp³-hybridized carbons (Fsp3) is 0.688. The van der Waals surface area contributed by atoms with Crippen LogP contribution in [0.25, 0.3) is 0 Å². The van der Waals surface area contributed by atoms with Gasteiger partial charge in [0.2, 0.25) is 5.95 Å². The van der Waals surface area contributed by atoms with E-state index in [1.807, 2.05) is 13.0 Å². The number of rotatable bonds is 3. The summed E-state index contributed by atoms with van der Waals surface area (Å²) in [7, 11) is 0. The summed E-state index contributed by atoms with van der Waals surface area (Å²) in [6.07, 6.45) is 2.63. The Kier molecular flexibility index (Phi) is 7.02. The zero-order chi connectivity index (χ0) is 16.2. The molecule has 8 heteroatoms. The van der Waals surface area contributed by atoms with Gasteiger partial charge in [-0.15, -0.1) is 24.0 Å². The molecular formula is C16H27IN6O.